The normalized spacial score (nSPS) is 23.1. The van der Waals surface area contributed by atoms with E-state index in [-0.39, 0.29) is 0 Å². The second-order valence-corrected chi connectivity index (χ2v) is 6.35. The molecule has 1 atom stereocenters. The number of nitrogens with zero attached hydrogens (tertiary/aromatic N) is 1. The van der Waals surface area contributed by atoms with E-state index in [1.807, 2.05) is 12.1 Å². The smallest absolute Gasteiger partial charge is 0.0640 e. The van der Waals surface area contributed by atoms with Crippen molar-refractivity contribution in [3.05, 3.63) is 33.8 Å². The lowest BCUT2D eigenvalue weighted by atomic mass is 9.76. The van der Waals surface area contributed by atoms with Gasteiger partial charge in [-0.15, -0.1) is 0 Å². The molecule has 1 aromatic carbocycles. The van der Waals surface area contributed by atoms with Crippen molar-refractivity contribution in [3.63, 3.8) is 0 Å². The zero-order chi connectivity index (χ0) is 13.2. The van der Waals surface area contributed by atoms with E-state index >= 15 is 0 Å². The molecule has 0 radical (unpaired) electrons. The maximum Gasteiger partial charge on any atom is 0.0640 e. The van der Waals surface area contributed by atoms with Gasteiger partial charge in [-0.25, -0.2) is 0 Å². The molecule has 1 aliphatic heterocycles. The molecular weight excluding hydrogens is 279 g/mol. The van der Waals surface area contributed by atoms with Gasteiger partial charge in [0.15, 0.2) is 0 Å². The van der Waals surface area contributed by atoms with Crippen molar-refractivity contribution in [1.29, 1.82) is 0 Å². The van der Waals surface area contributed by atoms with E-state index in [1.54, 1.807) is 0 Å². The summed E-state index contributed by atoms with van der Waals surface area (Å²) in [6, 6.07) is 6.50. The van der Waals surface area contributed by atoms with Crippen molar-refractivity contribution in [2.75, 3.05) is 26.2 Å². The predicted octanol–water partition coefficient (Wildman–Crippen LogP) is 3.74. The number of hydrogen-bond acceptors (Lipinski definition) is 2. The van der Waals surface area contributed by atoms with Crippen LogP contribution in [0.25, 0.3) is 0 Å². The topological polar surface area (TPSA) is 15.3 Å². The third kappa shape index (κ3) is 2.78. The molecule has 0 aromatic heterocycles. The zero-order valence-corrected chi connectivity index (χ0v) is 12.6. The van der Waals surface area contributed by atoms with Gasteiger partial charge in [0.2, 0.25) is 0 Å². The van der Waals surface area contributed by atoms with Crippen molar-refractivity contribution < 1.29 is 0 Å². The largest absolute Gasteiger partial charge is 0.314 e. The molecular formula is C15H20Cl2N2. The van der Waals surface area contributed by atoms with Crippen LogP contribution in [0.4, 0.5) is 0 Å². The summed E-state index contributed by atoms with van der Waals surface area (Å²) in [6.45, 7) is 4.34. The van der Waals surface area contributed by atoms with E-state index in [0.717, 1.165) is 37.1 Å². The average molecular weight is 299 g/mol. The fraction of sp³-hybridized carbons (Fsp3) is 0.600. The van der Waals surface area contributed by atoms with Crippen LogP contribution in [0, 0.1) is 5.92 Å². The van der Waals surface area contributed by atoms with Gasteiger partial charge in [0.1, 0.15) is 0 Å². The van der Waals surface area contributed by atoms with Crippen LogP contribution in [0.5, 0.6) is 0 Å². The minimum absolute atomic E-state index is 0.446. The molecule has 0 bridgehead atoms. The molecule has 0 amide bonds. The highest BCUT2D eigenvalue weighted by atomic mass is 35.5. The summed E-state index contributed by atoms with van der Waals surface area (Å²) in [4.78, 5) is 2.58. The third-order valence-electron chi connectivity index (χ3n) is 4.44. The van der Waals surface area contributed by atoms with Gasteiger partial charge < -0.3 is 5.32 Å². The van der Waals surface area contributed by atoms with E-state index in [9.17, 15) is 0 Å². The quantitative estimate of drug-likeness (QED) is 0.914. The number of nitrogens with one attached hydrogen (secondary N) is 1. The van der Waals surface area contributed by atoms with E-state index in [4.69, 9.17) is 23.2 Å². The SMILES string of the molecule is Clc1cccc([C@H](C2CCC2)N2CCNCC2)c1Cl. The minimum Gasteiger partial charge on any atom is -0.314 e. The Balaban J connectivity index is 1.91. The van der Waals surface area contributed by atoms with E-state index in [1.165, 1.54) is 24.8 Å². The van der Waals surface area contributed by atoms with Crippen molar-refractivity contribution in [2.45, 2.75) is 25.3 Å². The van der Waals surface area contributed by atoms with Crippen molar-refractivity contribution in [1.82, 2.24) is 10.2 Å². The number of piperazine rings is 1. The lowest BCUT2D eigenvalue weighted by Gasteiger charge is -2.43. The highest BCUT2D eigenvalue weighted by Gasteiger charge is 2.34. The predicted molar refractivity (Wildman–Crippen MR) is 81.0 cm³/mol. The Labute approximate surface area is 125 Å². The molecule has 1 N–H and O–H groups in total. The van der Waals surface area contributed by atoms with E-state index < -0.39 is 0 Å². The van der Waals surface area contributed by atoms with Crippen LogP contribution >= 0.6 is 23.2 Å². The van der Waals surface area contributed by atoms with Crippen molar-refractivity contribution >= 4 is 23.2 Å². The van der Waals surface area contributed by atoms with Crippen LogP contribution in [0.2, 0.25) is 10.0 Å². The standard InChI is InChI=1S/C15H20Cl2N2/c16-13-6-2-5-12(14(13)17)15(11-3-1-4-11)19-9-7-18-8-10-19/h2,5-6,11,15,18H,1,3-4,7-10H2/t15-/m0/s1. The lowest BCUT2D eigenvalue weighted by molar-refractivity contribution is 0.0838. The third-order valence-corrected chi connectivity index (χ3v) is 5.27. The second kappa shape index (κ2) is 6.01. The molecule has 104 valence electrons. The summed E-state index contributed by atoms with van der Waals surface area (Å²) in [7, 11) is 0. The van der Waals surface area contributed by atoms with Crippen LogP contribution in [0.1, 0.15) is 30.9 Å². The summed E-state index contributed by atoms with van der Waals surface area (Å²) in [5.41, 5.74) is 1.22. The molecule has 2 fully saturated rings. The van der Waals surface area contributed by atoms with Gasteiger partial charge in [0.05, 0.1) is 10.0 Å². The van der Waals surface area contributed by atoms with Crippen LogP contribution in [-0.2, 0) is 0 Å². The molecule has 4 heteroatoms. The Morgan fingerprint density at radius 2 is 1.89 bits per heavy atom. The molecule has 1 heterocycles. The molecule has 19 heavy (non-hydrogen) atoms. The maximum absolute atomic E-state index is 6.46. The van der Waals surface area contributed by atoms with Crippen LogP contribution in [0.15, 0.2) is 18.2 Å². The lowest BCUT2D eigenvalue weighted by Crippen LogP contribution is -2.47. The summed E-state index contributed by atoms with van der Waals surface area (Å²) in [6.07, 6.45) is 3.99. The van der Waals surface area contributed by atoms with Gasteiger partial charge in [0, 0.05) is 32.2 Å². The molecule has 2 nitrogen and oxygen atoms in total. The average Bonchev–Trinajstić information content (AvgIpc) is 2.38. The molecule has 0 spiro atoms. The fourth-order valence-electron chi connectivity index (χ4n) is 3.21. The monoisotopic (exact) mass is 298 g/mol. The fourth-order valence-corrected chi connectivity index (χ4v) is 3.63. The Hall–Kier alpha value is -0.280. The Bertz CT molecular complexity index is 440. The van der Waals surface area contributed by atoms with Crippen LogP contribution < -0.4 is 5.32 Å². The first-order valence-corrected chi connectivity index (χ1v) is 7.91. The Morgan fingerprint density at radius 1 is 1.16 bits per heavy atom. The first kappa shape index (κ1) is 13.7. The van der Waals surface area contributed by atoms with Gasteiger partial charge in [-0.05, 0) is 30.4 Å². The summed E-state index contributed by atoms with van der Waals surface area (Å²) in [5.74, 6) is 0.745. The van der Waals surface area contributed by atoms with Crippen molar-refractivity contribution in [2.24, 2.45) is 5.92 Å². The van der Waals surface area contributed by atoms with Crippen LogP contribution in [0.3, 0.4) is 0 Å². The van der Waals surface area contributed by atoms with Crippen molar-refractivity contribution in [3.8, 4) is 0 Å². The number of benzene rings is 1. The first-order valence-electron chi connectivity index (χ1n) is 7.16. The van der Waals surface area contributed by atoms with Gasteiger partial charge in [-0.3, -0.25) is 4.90 Å². The highest BCUT2D eigenvalue weighted by molar-refractivity contribution is 6.42. The van der Waals surface area contributed by atoms with Gasteiger partial charge in [-0.1, -0.05) is 41.8 Å². The maximum atomic E-state index is 6.46. The van der Waals surface area contributed by atoms with E-state index in [0.29, 0.717) is 11.1 Å². The Morgan fingerprint density at radius 3 is 2.53 bits per heavy atom. The van der Waals surface area contributed by atoms with Gasteiger partial charge >= 0.3 is 0 Å². The molecule has 1 aromatic rings. The first-order chi connectivity index (χ1) is 9.27. The Kier molecular flexibility index (Phi) is 4.33. The number of rotatable bonds is 3. The van der Waals surface area contributed by atoms with Crippen LogP contribution in [-0.4, -0.2) is 31.1 Å². The summed E-state index contributed by atoms with van der Waals surface area (Å²) >= 11 is 12.7. The molecule has 1 saturated carbocycles. The second-order valence-electron chi connectivity index (χ2n) is 5.56. The van der Waals surface area contributed by atoms with Gasteiger partial charge in [0.25, 0.3) is 0 Å². The molecule has 2 aliphatic rings. The van der Waals surface area contributed by atoms with E-state index in [2.05, 4.69) is 16.3 Å². The number of hydrogen-bond donors (Lipinski definition) is 1. The summed E-state index contributed by atoms with van der Waals surface area (Å²) < 4.78 is 0. The molecule has 0 unspecified atom stereocenters. The zero-order valence-electron chi connectivity index (χ0n) is 11.0. The minimum atomic E-state index is 0.446. The highest BCUT2D eigenvalue weighted by Crippen LogP contribution is 2.44. The molecule has 1 saturated heterocycles. The summed E-state index contributed by atoms with van der Waals surface area (Å²) in [5, 5.41) is 4.85. The molecule has 1 aliphatic carbocycles. The number of halogens is 2. The molecule has 3 rings (SSSR count). The van der Waals surface area contributed by atoms with Gasteiger partial charge in [-0.2, -0.15) is 0 Å².